The van der Waals surface area contributed by atoms with Gasteiger partial charge in [0.05, 0.1) is 4.70 Å². The molecule has 1 unspecified atom stereocenters. The maximum absolute atomic E-state index is 11.3. The summed E-state index contributed by atoms with van der Waals surface area (Å²) >= 11 is 1.20. The molecule has 0 aliphatic carbocycles. The molecule has 1 aromatic carbocycles. The van der Waals surface area contributed by atoms with E-state index in [2.05, 4.69) is 18.3 Å². The zero-order valence-electron chi connectivity index (χ0n) is 9.08. The van der Waals surface area contributed by atoms with Crippen LogP contribution in [-0.4, -0.2) is 6.54 Å². The van der Waals surface area contributed by atoms with Crippen molar-refractivity contribution in [2.75, 3.05) is 6.54 Å². The molecule has 3 nitrogen and oxygen atoms in total. The van der Waals surface area contributed by atoms with Gasteiger partial charge in [0.2, 0.25) is 0 Å². The Morgan fingerprint density at radius 3 is 3.12 bits per heavy atom. The smallest absolute Gasteiger partial charge is 0.396 e. The molecule has 0 saturated carbocycles. The van der Waals surface area contributed by atoms with E-state index >= 15 is 0 Å². The monoisotopic (exact) mass is 235 g/mol. The van der Waals surface area contributed by atoms with E-state index in [1.54, 1.807) is 0 Å². The second-order valence-corrected chi connectivity index (χ2v) is 5.40. The normalized spacial score (nSPS) is 25.3. The quantitative estimate of drug-likeness (QED) is 0.825. The minimum absolute atomic E-state index is 0.00762. The van der Waals surface area contributed by atoms with E-state index < -0.39 is 0 Å². The third-order valence-corrected chi connectivity index (χ3v) is 4.20. The first-order chi connectivity index (χ1) is 7.69. The first-order valence-corrected chi connectivity index (χ1v) is 6.29. The molecule has 1 saturated heterocycles. The van der Waals surface area contributed by atoms with Crippen LogP contribution >= 0.6 is 11.3 Å². The molecule has 1 atom stereocenters. The molecule has 0 radical (unpaired) electrons. The zero-order chi connectivity index (χ0) is 11.2. The van der Waals surface area contributed by atoms with Gasteiger partial charge in [0, 0.05) is 5.54 Å². The van der Waals surface area contributed by atoms with E-state index in [0.717, 1.165) is 17.7 Å². The van der Waals surface area contributed by atoms with Gasteiger partial charge in [0.1, 0.15) is 5.58 Å². The Morgan fingerprint density at radius 2 is 2.38 bits per heavy atom. The highest BCUT2D eigenvalue weighted by Gasteiger charge is 2.32. The molecule has 2 heterocycles. The molecule has 0 bridgehead atoms. The maximum Gasteiger partial charge on any atom is 0.396 e. The van der Waals surface area contributed by atoms with Gasteiger partial charge >= 0.3 is 4.94 Å². The Labute approximate surface area is 97.1 Å². The van der Waals surface area contributed by atoms with Gasteiger partial charge in [-0.3, -0.25) is 0 Å². The van der Waals surface area contributed by atoms with Crippen LogP contribution in [0.5, 0.6) is 0 Å². The minimum Gasteiger partial charge on any atom is -0.414 e. The average Bonchev–Trinajstić information content (AvgIpc) is 2.83. The van der Waals surface area contributed by atoms with Crippen LogP contribution in [0.4, 0.5) is 0 Å². The van der Waals surface area contributed by atoms with Crippen molar-refractivity contribution in [3.8, 4) is 0 Å². The second kappa shape index (κ2) is 3.43. The van der Waals surface area contributed by atoms with Gasteiger partial charge in [-0.25, -0.2) is 4.79 Å². The lowest BCUT2D eigenvalue weighted by molar-refractivity contribution is 0.438. The number of nitrogens with one attached hydrogen (secondary N) is 1. The van der Waals surface area contributed by atoms with Crippen molar-refractivity contribution in [3.63, 3.8) is 0 Å². The lowest BCUT2D eigenvalue weighted by atomic mass is 9.90. The van der Waals surface area contributed by atoms with Crippen molar-refractivity contribution >= 4 is 21.6 Å². The molecule has 84 valence electrons. The summed E-state index contributed by atoms with van der Waals surface area (Å²) in [6.45, 7) is 3.23. The van der Waals surface area contributed by atoms with Crippen LogP contribution in [0.25, 0.3) is 10.3 Å². The molecule has 2 aromatic rings. The lowest BCUT2D eigenvalue weighted by Crippen LogP contribution is -2.33. The first-order valence-electron chi connectivity index (χ1n) is 5.47. The standard InChI is InChI=1S/C12H13NO2S/c1-12(6-3-7-13-12)8-4-2-5-9-10(8)16-11(14)15-9/h2,4-5,13H,3,6-7H2,1H3. The fourth-order valence-electron chi connectivity index (χ4n) is 2.45. The molecule has 1 aliphatic heterocycles. The van der Waals surface area contributed by atoms with Crippen LogP contribution in [0.1, 0.15) is 25.3 Å². The van der Waals surface area contributed by atoms with Gasteiger partial charge in [-0.1, -0.05) is 23.5 Å². The van der Waals surface area contributed by atoms with Gasteiger partial charge in [-0.2, -0.15) is 0 Å². The molecule has 1 N–H and O–H groups in total. The lowest BCUT2D eigenvalue weighted by Gasteiger charge is -2.25. The van der Waals surface area contributed by atoms with E-state index in [-0.39, 0.29) is 10.5 Å². The van der Waals surface area contributed by atoms with Crippen molar-refractivity contribution < 1.29 is 4.42 Å². The molecule has 3 rings (SSSR count). The van der Waals surface area contributed by atoms with Crippen LogP contribution in [0.2, 0.25) is 0 Å². The van der Waals surface area contributed by atoms with Crippen molar-refractivity contribution in [2.45, 2.75) is 25.3 Å². The summed E-state index contributed by atoms with van der Waals surface area (Å²) in [5.41, 5.74) is 1.90. The SMILES string of the molecule is CC1(c2cccc3oc(=O)sc23)CCCN1. The molecule has 0 spiro atoms. The molecule has 1 aromatic heterocycles. The Hall–Kier alpha value is -1.13. The predicted octanol–water partition coefficient (Wildman–Crippen LogP) is 2.45. The van der Waals surface area contributed by atoms with E-state index in [0.29, 0.717) is 5.58 Å². The highest BCUT2D eigenvalue weighted by atomic mass is 32.1. The van der Waals surface area contributed by atoms with Gasteiger partial charge in [0.25, 0.3) is 0 Å². The van der Waals surface area contributed by atoms with E-state index in [1.807, 2.05) is 12.1 Å². The molecular weight excluding hydrogens is 222 g/mol. The summed E-state index contributed by atoms with van der Waals surface area (Å²) in [7, 11) is 0. The number of hydrogen-bond acceptors (Lipinski definition) is 4. The third kappa shape index (κ3) is 1.41. The van der Waals surface area contributed by atoms with E-state index in [1.165, 1.54) is 23.3 Å². The predicted molar refractivity (Wildman–Crippen MR) is 64.9 cm³/mol. The third-order valence-electron chi connectivity index (χ3n) is 3.32. The molecule has 1 fully saturated rings. The van der Waals surface area contributed by atoms with Crippen LogP contribution in [0, 0.1) is 0 Å². The largest absolute Gasteiger partial charge is 0.414 e. The summed E-state index contributed by atoms with van der Waals surface area (Å²) in [6, 6.07) is 5.90. The number of rotatable bonds is 1. The fraction of sp³-hybridized carbons (Fsp3) is 0.417. The van der Waals surface area contributed by atoms with E-state index in [9.17, 15) is 4.79 Å². The van der Waals surface area contributed by atoms with Crippen molar-refractivity contribution in [2.24, 2.45) is 0 Å². The average molecular weight is 235 g/mol. The molecule has 0 amide bonds. The summed E-state index contributed by atoms with van der Waals surface area (Å²) in [6.07, 6.45) is 2.29. The van der Waals surface area contributed by atoms with Gasteiger partial charge in [-0.05, 0) is 37.9 Å². The summed E-state index contributed by atoms with van der Waals surface area (Å²) in [4.78, 5) is 11.1. The fourth-order valence-corrected chi connectivity index (χ4v) is 3.37. The Bertz CT molecular complexity index is 578. The van der Waals surface area contributed by atoms with Crippen LogP contribution < -0.4 is 10.3 Å². The van der Waals surface area contributed by atoms with Gasteiger partial charge in [-0.15, -0.1) is 0 Å². The van der Waals surface area contributed by atoms with Crippen molar-refractivity contribution in [3.05, 3.63) is 33.5 Å². The first kappa shape index (κ1) is 10.1. The molecular formula is C12H13NO2S. The summed E-state index contributed by atoms with van der Waals surface area (Å²) in [5, 5.41) is 3.51. The number of fused-ring (bicyclic) bond motifs is 1. The number of benzene rings is 1. The Balaban J connectivity index is 2.26. The Morgan fingerprint density at radius 1 is 1.50 bits per heavy atom. The highest BCUT2D eigenvalue weighted by molar-refractivity contribution is 7.16. The van der Waals surface area contributed by atoms with Gasteiger partial charge < -0.3 is 9.73 Å². The van der Waals surface area contributed by atoms with E-state index in [4.69, 9.17) is 4.42 Å². The van der Waals surface area contributed by atoms with Crippen LogP contribution in [0.3, 0.4) is 0 Å². The van der Waals surface area contributed by atoms with Crippen molar-refractivity contribution in [1.29, 1.82) is 0 Å². The van der Waals surface area contributed by atoms with Gasteiger partial charge in [0.15, 0.2) is 0 Å². The summed E-state index contributed by atoms with van der Waals surface area (Å²) in [5.74, 6) is 0. The highest BCUT2D eigenvalue weighted by Crippen LogP contribution is 2.35. The molecule has 1 aliphatic rings. The number of hydrogen-bond donors (Lipinski definition) is 1. The maximum atomic E-state index is 11.3. The second-order valence-electron chi connectivity index (χ2n) is 4.45. The zero-order valence-corrected chi connectivity index (χ0v) is 9.89. The minimum atomic E-state index is -0.218. The molecule has 16 heavy (non-hydrogen) atoms. The Kier molecular flexibility index (Phi) is 2.16. The topological polar surface area (TPSA) is 42.2 Å². The summed E-state index contributed by atoms with van der Waals surface area (Å²) < 4.78 is 6.14. The van der Waals surface area contributed by atoms with Crippen LogP contribution in [0.15, 0.2) is 27.4 Å². The van der Waals surface area contributed by atoms with Crippen LogP contribution in [-0.2, 0) is 5.54 Å². The van der Waals surface area contributed by atoms with Crippen molar-refractivity contribution in [1.82, 2.24) is 5.32 Å². The molecule has 4 heteroatoms.